The van der Waals surface area contributed by atoms with Crippen LogP contribution >= 0.6 is 0 Å². The number of nitrogens with zero attached hydrogens (tertiary/aromatic N) is 3. The number of hydrogen-bond donors (Lipinski definition) is 1. The summed E-state index contributed by atoms with van der Waals surface area (Å²) in [5.41, 5.74) is 3.64. The second-order valence-electron chi connectivity index (χ2n) is 7.93. The van der Waals surface area contributed by atoms with Crippen LogP contribution in [0.1, 0.15) is 49.1 Å². The second-order valence-corrected chi connectivity index (χ2v) is 7.93. The first-order valence-corrected chi connectivity index (χ1v) is 10.0. The highest BCUT2D eigenvalue weighted by Gasteiger charge is 2.41. The first-order chi connectivity index (χ1) is 13.4. The molecule has 1 aliphatic rings. The van der Waals surface area contributed by atoms with Crippen LogP contribution in [0.3, 0.4) is 0 Å². The quantitative estimate of drug-likeness (QED) is 0.823. The van der Waals surface area contributed by atoms with Crippen LogP contribution in [0.5, 0.6) is 5.75 Å². The van der Waals surface area contributed by atoms with E-state index >= 15 is 0 Å². The Morgan fingerprint density at radius 2 is 1.86 bits per heavy atom. The number of ether oxygens (including phenoxy) is 1. The summed E-state index contributed by atoms with van der Waals surface area (Å²) in [6.07, 6.45) is 5.02. The van der Waals surface area contributed by atoms with Gasteiger partial charge in [-0.1, -0.05) is 19.3 Å². The number of carbonyl (C=O) groups excluding carboxylic acids is 1. The maximum atomic E-state index is 13.6. The monoisotopic (exact) mass is 384 g/mol. The molecule has 0 saturated heterocycles. The summed E-state index contributed by atoms with van der Waals surface area (Å²) in [6.45, 7) is 4.64. The highest BCUT2D eigenvalue weighted by molar-refractivity contribution is 5.89. The Kier molecular flexibility index (Phi) is 5.96. The Labute approximate surface area is 167 Å². The molecule has 0 unspecified atom stereocenters. The molecule has 2 aromatic rings. The number of anilines is 1. The number of aromatic nitrogens is 2. The van der Waals surface area contributed by atoms with E-state index in [0.717, 1.165) is 54.1 Å². The molecule has 1 heterocycles. The van der Waals surface area contributed by atoms with E-state index in [4.69, 9.17) is 4.74 Å². The van der Waals surface area contributed by atoms with Gasteiger partial charge in [0.1, 0.15) is 11.3 Å². The molecule has 1 fully saturated rings. The van der Waals surface area contributed by atoms with Crippen molar-refractivity contribution >= 4 is 11.6 Å². The van der Waals surface area contributed by atoms with Gasteiger partial charge in [-0.15, -0.1) is 0 Å². The van der Waals surface area contributed by atoms with E-state index < -0.39 is 5.54 Å². The van der Waals surface area contributed by atoms with Gasteiger partial charge in [0, 0.05) is 37.6 Å². The molecule has 1 aromatic carbocycles. The molecule has 6 heteroatoms. The molecule has 3 rings (SSSR count). The summed E-state index contributed by atoms with van der Waals surface area (Å²) in [7, 11) is 5.51. The summed E-state index contributed by atoms with van der Waals surface area (Å²) in [4.78, 5) is 15.5. The van der Waals surface area contributed by atoms with Gasteiger partial charge in [-0.05, 0) is 51.0 Å². The lowest BCUT2D eigenvalue weighted by Gasteiger charge is -2.40. The number of methoxy groups -OCH3 is 1. The van der Waals surface area contributed by atoms with Crippen LogP contribution in [-0.2, 0) is 18.4 Å². The molecular weight excluding hydrogens is 352 g/mol. The van der Waals surface area contributed by atoms with Crippen molar-refractivity contribution in [2.45, 2.75) is 58.0 Å². The van der Waals surface area contributed by atoms with E-state index in [2.05, 4.69) is 17.3 Å². The molecule has 1 aliphatic carbocycles. The number of nitrogens with one attached hydrogen (secondary N) is 1. The molecule has 152 valence electrons. The zero-order valence-corrected chi connectivity index (χ0v) is 17.7. The topological polar surface area (TPSA) is 59.4 Å². The molecule has 28 heavy (non-hydrogen) atoms. The lowest BCUT2D eigenvalue weighted by Crippen LogP contribution is -2.54. The number of rotatable bonds is 6. The molecule has 0 spiro atoms. The molecule has 1 saturated carbocycles. The van der Waals surface area contributed by atoms with E-state index in [1.165, 1.54) is 6.42 Å². The summed E-state index contributed by atoms with van der Waals surface area (Å²) in [6, 6.07) is 7.82. The summed E-state index contributed by atoms with van der Waals surface area (Å²) in [5, 5.41) is 8.07. The minimum Gasteiger partial charge on any atom is -0.497 e. The average Bonchev–Trinajstić information content (AvgIpc) is 2.94. The molecule has 0 radical (unpaired) electrons. The largest absolute Gasteiger partial charge is 0.497 e. The maximum absolute atomic E-state index is 13.6. The van der Waals surface area contributed by atoms with Gasteiger partial charge in [-0.25, -0.2) is 0 Å². The molecule has 1 N–H and O–H groups in total. The van der Waals surface area contributed by atoms with Gasteiger partial charge in [-0.3, -0.25) is 9.48 Å². The SMILES string of the molecule is COc1ccc(NC2(C(=O)N(C)Cc3c(C)nn(C)c3C)CCCCC2)cc1. The average molecular weight is 385 g/mol. The van der Waals surface area contributed by atoms with Gasteiger partial charge >= 0.3 is 0 Å². The van der Waals surface area contributed by atoms with Crippen molar-refractivity contribution in [3.8, 4) is 5.75 Å². The number of hydrogen-bond acceptors (Lipinski definition) is 4. The van der Waals surface area contributed by atoms with Crippen LogP contribution in [0.25, 0.3) is 0 Å². The maximum Gasteiger partial charge on any atom is 0.248 e. The Balaban J connectivity index is 1.82. The molecule has 0 bridgehead atoms. The minimum atomic E-state index is -0.550. The number of carbonyl (C=O) groups is 1. The highest BCUT2D eigenvalue weighted by atomic mass is 16.5. The second kappa shape index (κ2) is 8.25. The molecule has 0 atom stereocenters. The van der Waals surface area contributed by atoms with E-state index in [9.17, 15) is 4.79 Å². The number of amides is 1. The normalized spacial score (nSPS) is 15.9. The fraction of sp³-hybridized carbons (Fsp3) is 0.545. The van der Waals surface area contributed by atoms with Crippen molar-refractivity contribution < 1.29 is 9.53 Å². The summed E-state index contributed by atoms with van der Waals surface area (Å²) < 4.78 is 7.13. The first-order valence-electron chi connectivity index (χ1n) is 10.0. The number of aryl methyl sites for hydroxylation is 2. The Morgan fingerprint density at radius 1 is 1.21 bits per heavy atom. The van der Waals surface area contributed by atoms with Crippen molar-refractivity contribution in [3.05, 3.63) is 41.2 Å². The van der Waals surface area contributed by atoms with Crippen molar-refractivity contribution in [2.75, 3.05) is 19.5 Å². The van der Waals surface area contributed by atoms with Crippen molar-refractivity contribution in [1.82, 2.24) is 14.7 Å². The van der Waals surface area contributed by atoms with Gasteiger partial charge in [0.15, 0.2) is 0 Å². The van der Waals surface area contributed by atoms with Crippen molar-refractivity contribution in [2.24, 2.45) is 7.05 Å². The van der Waals surface area contributed by atoms with Crippen molar-refractivity contribution in [3.63, 3.8) is 0 Å². The fourth-order valence-electron chi connectivity index (χ4n) is 4.22. The Bertz CT molecular complexity index is 820. The predicted octanol–water partition coefficient (Wildman–Crippen LogP) is 3.82. The van der Waals surface area contributed by atoms with E-state index in [1.54, 1.807) is 7.11 Å². The Morgan fingerprint density at radius 3 is 2.39 bits per heavy atom. The van der Waals surface area contributed by atoms with Crippen LogP contribution in [0.15, 0.2) is 24.3 Å². The van der Waals surface area contributed by atoms with Crippen LogP contribution in [0.4, 0.5) is 5.69 Å². The zero-order chi connectivity index (χ0) is 20.3. The summed E-state index contributed by atoms with van der Waals surface area (Å²) >= 11 is 0. The zero-order valence-electron chi connectivity index (χ0n) is 17.7. The lowest BCUT2D eigenvalue weighted by atomic mass is 9.80. The smallest absolute Gasteiger partial charge is 0.248 e. The van der Waals surface area contributed by atoms with Gasteiger partial charge in [0.2, 0.25) is 5.91 Å². The molecule has 0 aliphatic heterocycles. The molecule has 6 nitrogen and oxygen atoms in total. The van der Waals surface area contributed by atoms with Crippen LogP contribution < -0.4 is 10.1 Å². The van der Waals surface area contributed by atoms with Crippen LogP contribution in [-0.4, -0.2) is 40.3 Å². The predicted molar refractivity (Wildman–Crippen MR) is 112 cm³/mol. The molecule has 1 amide bonds. The fourth-order valence-corrected chi connectivity index (χ4v) is 4.22. The first kappa shape index (κ1) is 20.2. The van der Waals surface area contributed by atoms with Gasteiger partial charge in [0.05, 0.1) is 12.8 Å². The third-order valence-electron chi connectivity index (χ3n) is 5.99. The third-order valence-corrected chi connectivity index (χ3v) is 5.99. The lowest BCUT2D eigenvalue weighted by molar-refractivity contribution is -0.136. The molecule has 1 aromatic heterocycles. The van der Waals surface area contributed by atoms with Crippen molar-refractivity contribution in [1.29, 1.82) is 0 Å². The standard InChI is InChI=1S/C22H32N4O2/c1-16-20(17(2)26(4)24-16)15-25(3)21(27)22(13-7-6-8-14-22)23-18-9-11-19(28-5)12-10-18/h9-12,23H,6-8,13-15H2,1-5H3. The van der Waals surface area contributed by atoms with Gasteiger partial charge in [0.25, 0.3) is 0 Å². The number of likely N-dealkylation sites (N-methyl/N-ethyl adjacent to an activating group) is 1. The van der Waals surface area contributed by atoms with Gasteiger partial charge < -0.3 is 15.0 Å². The highest BCUT2D eigenvalue weighted by Crippen LogP contribution is 2.34. The third kappa shape index (κ3) is 4.01. The van der Waals surface area contributed by atoms with Gasteiger partial charge in [-0.2, -0.15) is 5.10 Å². The minimum absolute atomic E-state index is 0.158. The Hall–Kier alpha value is -2.50. The summed E-state index contributed by atoms with van der Waals surface area (Å²) in [5.74, 6) is 0.972. The van der Waals surface area contributed by atoms with Crippen LogP contribution in [0.2, 0.25) is 0 Å². The van der Waals surface area contributed by atoms with Crippen LogP contribution in [0, 0.1) is 13.8 Å². The van der Waals surface area contributed by atoms with E-state index in [1.807, 2.05) is 54.9 Å². The number of benzene rings is 1. The molecular formula is C22H32N4O2. The van der Waals surface area contributed by atoms with E-state index in [-0.39, 0.29) is 5.91 Å². The van der Waals surface area contributed by atoms with E-state index in [0.29, 0.717) is 6.54 Å².